The van der Waals surface area contributed by atoms with E-state index in [0.29, 0.717) is 13.2 Å². The van der Waals surface area contributed by atoms with E-state index in [1.807, 2.05) is 0 Å². The third-order valence-corrected chi connectivity index (χ3v) is 0.492. The van der Waals surface area contributed by atoms with Gasteiger partial charge in [-0.15, -0.1) is 0 Å². The minimum atomic E-state index is 0.250. The minimum absolute atomic E-state index is 0.250. The maximum atomic E-state index is 8.58. The Labute approximate surface area is 54.9 Å². The van der Waals surface area contributed by atoms with Crippen molar-refractivity contribution in [2.45, 2.75) is 0 Å². The van der Waals surface area contributed by atoms with Crippen LogP contribution in [0.15, 0.2) is 0 Å². The van der Waals surface area contributed by atoms with Crippen molar-refractivity contribution in [3.8, 4) is 0 Å². The quantitative estimate of drug-likeness (QED) is 0.414. The van der Waals surface area contributed by atoms with Crippen LogP contribution in [-0.2, 0) is 14.3 Å². The predicted octanol–water partition coefficient (Wildman–Crippen LogP) is -0.619. The van der Waals surface area contributed by atoms with Gasteiger partial charge in [-0.25, -0.2) is 0 Å². The topological polar surface area (TPSA) is 61.6 Å². The summed E-state index contributed by atoms with van der Waals surface area (Å²) in [6, 6.07) is 0. The van der Waals surface area contributed by atoms with Crippen LogP contribution in [0.4, 0.5) is 0 Å². The molecule has 0 aromatic rings. The molecule has 0 heterocycles. The van der Waals surface area contributed by atoms with Gasteiger partial charge in [0, 0.05) is 14.2 Å². The monoisotopic (exact) mass is 135 g/mol. The highest BCUT2D eigenvalue weighted by Crippen LogP contribution is 1.65. The molecule has 0 saturated carbocycles. The van der Waals surface area contributed by atoms with Gasteiger partial charge in [0.15, 0.2) is 0 Å². The first kappa shape index (κ1) is 11.2. The normalized spacial score (nSPS) is 7.33. The third kappa shape index (κ3) is 37.6. The molecular weight excluding hydrogens is 122 g/mol. The molecule has 0 spiro atoms. The molecule has 0 aromatic heterocycles. The molecule has 9 heavy (non-hydrogen) atoms. The number of primary amides is 1. The average Bonchev–Trinajstić information content (AvgIpc) is 1.86. The van der Waals surface area contributed by atoms with E-state index >= 15 is 0 Å². The van der Waals surface area contributed by atoms with Crippen LogP contribution in [0.1, 0.15) is 0 Å². The lowest BCUT2D eigenvalue weighted by Gasteiger charge is -1.91. The second kappa shape index (κ2) is 15.7. The Morgan fingerprint density at radius 1 is 1.33 bits per heavy atom. The first-order valence-electron chi connectivity index (χ1n) is 2.46. The summed E-state index contributed by atoms with van der Waals surface area (Å²) in [5.74, 6) is 0. The molecular formula is C5H13NO3. The highest BCUT2D eigenvalue weighted by molar-refractivity contribution is 5.42. The smallest absolute Gasteiger partial charge is 0.204 e. The molecule has 56 valence electrons. The van der Waals surface area contributed by atoms with Gasteiger partial charge in [0.2, 0.25) is 6.41 Å². The van der Waals surface area contributed by atoms with Crippen LogP contribution in [-0.4, -0.2) is 33.8 Å². The van der Waals surface area contributed by atoms with Crippen molar-refractivity contribution in [3.63, 3.8) is 0 Å². The molecule has 1 amide bonds. The molecule has 0 aromatic carbocycles. The van der Waals surface area contributed by atoms with Gasteiger partial charge in [-0.05, 0) is 0 Å². The maximum absolute atomic E-state index is 8.58. The lowest BCUT2D eigenvalue weighted by Crippen LogP contribution is -1.96. The highest BCUT2D eigenvalue weighted by Gasteiger charge is 1.73. The predicted molar refractivity (Wildman–Crippen MR) is 34.0 cm³/mol. The Hall–Kier alpha value is -0.610. The van der Waals surface area contributed by atoms with Crippen LogP contribution in [0.2, 0.25) is 0 Å². The summed E-state index contributed by atoms with van der Waals surface area (Å²) < 4.78 is 9.31. The largest absolute Gasteiger partial charge is 0.382 e. The fourth-order valence-corrected chi connectivity index (χ4v) is 0.167. The van der Waals surface area contributed by atoms with Crippen LogP contribution in [0.3, 0.4) is 0 Å². The summed E-state index contributed by atoms with van der Waals surface area (Å²) in [4.78, 5) is 8.58. The lowest BCUT2D eigenvalue weighted by molar-refractivity contribution is -0.106. The van der Waals surface area contributed by atoms with Crippen molar-refractivity contribution in [2.24, 2.45) is 5.73 Å². The molecule has 2 N–H and O–H groups in total. The number of rotatable bonds is 3. The van der Waals surface area contributed by atoms with Crippen LogP contribution in [0, 0.1) is 0 Å². The number of hydrogen-bond acceptors (Lipinski definition) is 3. The Morgan fingerprint density at radius 2 is 1.56 bits per heavy atom. The number of carbonyl (C=O) groups is 1. The minimum Gasteiger partial charge on any atom is -0.382 e. The molecule has 0 atom stereocenters. The Kier molecular flexibility index (Phi) is 19.5. The van der Waals surface area contributed by atoms with E-state index in [1.54, 1.807) is 14.2 Å². The van der Waals surface area contributed by atoms with Gasteiger partial charge in [0.1, 0.15) is 0 Å². The van der Waals surface area contributed by atoms with E-state index in [2.05, 4.69) is 15.2 Å². The standard InChI is InChI=1S/C4H10O2.CH3NO/c1-5-3-4-6-2;2-1-3/h3-4H2,1-2H3;1H,(H2,2,3). The van der Waals surface area contributed by atoms with E-state index in [-0.39, 0.29) is 6.41 Å². The van der Waals surface area contributed by atoms with Crippen molar-refractivity contribution < 1.29 is 14.3 Å². The molecule has 0 bridgehead atoms. The van der Waals surface area contributed by atoms with E-state index in [1.165, 1.54) is 0 Å². The zero-order valence-electron chi connectivity index (χ0n) is 5.79. The number of methoxy groups -OCH3 is 2. The van der Waals surface area contributed by atoms with Crippen LogP contribution < -0.4 is 5.73 Å². The first-order chi connectivity index (χ1) is 4.33. The summed E-state index contributed by atoms with van der Waals surface area (Å²) in [6.45, 7) is 1.38. The van der Waals surface area contributed by atoms with Crippen molar-refractivity contribution in [1.82, 2.24) is 0 Å². The van der Waals surface area contributed by atoms with Crippen molar-refractivity contribution in [1.29, 1.82) is 0 Å². The number of amides is 1. The Bertz CT molecular complexity index is 45.5. The molecule has 4 nitrogen and oxygen atoms in total. The molecule has 0 unspecified atom stereocenters. The third-order valence-electron chi connectivity index (χ3n) is 0.492. The molecule has 0 aliphatic carbocycles. The highest BCUT2D eigenvalue weighted by atomic mass is 16.5. The summed E-state index contributed by atoms with van der Waals surface area (Å²) in [7, 11) is 3.30. The lowest BCUT2D eigenvalue weighted by atomic mass is 10.8. The Morgan fingerprint density at radius 3 is 1.67 bits per heavy atom. The molecule has 0 rings (SSSR count). The van der Waals surface area contributed by atoms with Gasteiger partial charge >= 0.3 is 0 Å². The fourth-order valence-electron chi connectivity index (χ4n) is 0.167. The zero-order chi connectivity index (χ0) is 7.54. The molecule has 4 heteroatoms. The van der Waals surface area contributed by atoms with Crippen molar-refractivity contribution >= 4 is 6.41 Å². The second-order valence-corrected chi connectivity index (χ2v) is 1.12. The van der Waals surface area contributed by atoms with Crippen molar-refractivity contribution in [3.05, 3.63) is 0 Å². The summed E-state index contributed by atoms with van der Waals surface area (Å²) in [5.41, 5.74) is 4.17. The summed E-state index contributed by atoms with van der Waals surface area (Å²) in [5, 5.41) is 0. The zero-order valence-corrected chi connectivity index (χ0v) is 5.79. The van der Waals surface area contributed by atoms with Gasteiger partial charge in [0.05, 0.1) is 13.2 Å². The maximum Gasteiger partial charge on any atom is 0.204 e. The van der Waals surface area contributed by atoms with E-state index in [0.717, 1.165) is 0 Å². The summed E-state index contributed by atoms with van der Waals surface area (Å²) in [6.07, 6.45) is 0.250. The van der Waals surface area contributed by atoms with Gasteiger partial charge in [-0.3, -0.25) is 4.79 Å². The summed E-state index contributed by atoms with van der Waals surface area (Å²) >= 11 is 0. The molecule has 0 aliphatic heterocycles. The fraction of sp³-hybridized carbons (Fsp3) is 0.800. The molecule has 0 saturated heterocycles. The van der Waals surface area contributed by atoms with Gasteiger partial charge in [-0.1, -0.05) is 0 Å². The number of carbonyl (C=O) groups excluding carboxylic acids is 1. The van der Waals surface area contributed by atoms with Gasteiger partial charge in [-0.2, -0.15) is 0 Å². The van der Waals surface area contributed by atoms with E-state index < -0.39 is 0 Å². The average molecular weight is 135 g/mol. The number of hydrogen-bond donors (Lipinski definition) is 1. The number of nitrogens with two attached hydrogens (primary N) is 1. The van der Waals surface area contributed by atoms with Crippen LogP contribution >= 0.6 is 0 Å². The number of ether oxygens (including phenoxy) is 2. The van der Waals surface area contributed by atoms with Crippen LogP contribution in [0.5, 0.6) is 0 Å². The molecule has 0 aliphatic rings. The van der Waals surface area contributed by atoms with Crippen LogP contribution in [0.25, 0.3) is 0 Å². The molecule has 0 fully saturated rings. The van der Waals surface area contributed by atoms with E-state index in [4.69, 9.17) is 4.79 Å². The van der Waals surface area contributed by atoms with E-state index in [9.17, 15) is 0 Å². The van der Waals surface area contributed by atoms with Gasteiger partial charge < -0.3 is 15.2 Å². The van der Waals surface area contributed by atoms with Gasteiger partial charge in [0.25, 0.3) is 0 Å². The second-order valence-electron chi connectivity index (χ2n) is 1.12. The SMILES string of the molecule is COCCOC.NC=O. The first-order valence-corrected chi connectivity index (χ1v) is 2.46. The Balaban J connectivity index is 0. The van der Waals surface area contributed by atoms with Crippen molar-refractivity contribution in [2.75, 3.05) is 27.4 Å². The molecule has 0 radical (unpaired) electrons.